The molecule has 2 aromatic carbocycles. The van der Waals surface area contributed by atoms with Gasteiger partial charge in [0.05, 0.1) is 16.0 Å². The summed E-state index contributed by atoms with van der Waals surface area (Å²) in [4.78, 5) is 20.7. The molecule has 0 saturated carbocycles. The molecule has 7 nitrogen and oxygen atoms in total. The standard InChI is InChI=1S/C21H17N3O4S2/c1-13-22-19(24-28-13)11-27-15-8-6-14(7-9-15)10-18(29-12-20(25)26)21-23-16-4-2-3-5-17(16)30-21/h2-10H,11-12H2,1H3,(H,25,26)/b18-10+. The molecule has 152 valence electrons. The summed E-state index contributed by atoms with van der Waals surface area (Å²) in [5.74, 6) is 0.754. The van der Waals surface area contributed by atoms with Gasteiger partial charge in [-0.25, -0.2) is 4.98 Å². The molecule has 0 aliphatic rings. The van der Waals surface area contributed by atoms with Gasteiger partial charge in [-0.05, 0) is 35.9 Å². The van der Waals surface area contributed by atoms with Crippen molar-refractivity contribution in [3.63, 3.8) is 0 Å². The number of aryl methyl sites for hydroxylation is 1. The molecule has 0 aliphatic heterocycles. The Hall–Kier alpha value is -3.17. The minimum absolute atomic E-state index is 0.0347. The Kier molecular flexibility index (Phi) is 6.10. The Bertz CT molecular complexity index is 1170. The number of benzene rings is 2. The van der Waals surface area contributed by atoms with Crippen LogP contribution in [0.5, 0.6) is 5.75 Å². The topological polar surface area (TPSA) is 98.3 Å². The lowest BCUT2D eigenvalue weighted by atomic mass is 10.2. The van der Waals surface area contributed by atoms with Crippen LogP contribution in [0.3, 0.4) is 0 Å². The van der Waals surface area contributed by atoms with Gasteiger partial charge in [0.2, 0.25) is 11.7 Å². The van der Waals surface area contributed by atoms with E-state index in [1.165, 1.54) is 11.8 Å². The molecule has 30 heavy (non-hydrogen) atoms. The van der Waals surface area contributed by atoms with Gasteiger partial charge in [0, 0.05) is 11.8 Å². The van der Waals surface area contributed by atoms with Crippen molar-refractivity contribution in [1.82, 2.24) is 15.1 Å². The number of aromatic nitrogens is 3. The van der Waals surface area contributed by atoms with Gasteiger partial charge in [0.1, 0.15) is 10.8 Å². The quantitative estimate of drug-likeness (QED) is 0.415. The second-order valence-electron chi connectivity index (χ2n) is 6.27. The lowest BCUT2D eigenvalue weighted by Crippen LogP contribution is -1.98. The average Bonchev–Trinajstić information content (AvgIpc) is 3.36. The molecule has 0 atom stereocenters. The summed E-state index contributed by atoms with van der Waals surface area (Å²) in [7, 11) is 0. The Labute approximate surface area is 180 Å². The molecule has 2 heterocycles. The van der Waals surface area contributed by atoms with E-state index in [2.05, 4.69) is 15.1 Å². The van der Waals surface area contributed by atoms with Crippen LogP contribution in [0.25, 0.3) is 21.2 Å². The summed E-state index contributed by atoms with van der Waals surface area (Å²) in [6.45, 7) is 1.95. The van der Waals surface area contributed by atoms with E-state index in [1.807, 2.05) is 54.6 Å². The number of thiazole rings is 1. The monoisotopic (exact) mass is 439 g/mol. The van der Waals surface area contributed by atoms with E-state index in [9.17, 15) is 4.79 Å². The van der Waals surface area contributed by atoms with Crippen LogP contribution in [0.4, 0.5) is 0 Å². The molecule has 4 rings (SSSR count). The Morgan fingerprint density at radius 2 is 2.00 bits per heavy atom. The maximum absolute atomic E-state index is 11.1. The van der Waals surface area contributed by atoms with Crippen LogP contribution >= 0.6 is 23.1 Å². The number of ether oxygens (including phenoxy) is 1. The first-order chi connectivity index (χ1) is 14.6. The number of carbonyl (C=O) groups is 1. The fourth-order valence-corrected chi connectivity index (χ4v) is 4.49. The van der Waals surface area contributed by atoms with Crippen LogP contribution in [-0.4, -0.2) is 32.0 Å². The minimum atomic E-state index is -0.868. The predicted molar refractivity (Wildman–Crippen MR) is 117 cm³/mol. The number of hydrogen-bond donors (Lipinski definition) is 1. The van der Waals surface area contributed by atoms with E-state index in [4.69, 9.17) is 14.4 Å². The number of rotatable bonds is 8. The van der Waals surface area contributed by atoms with Gasteiger partial charge in [0.15, 0.2) is 6.61 Å². The highest BCUT2D eigenvalue weighted by Gasteiger charge is 2.12. The van der Waals surface area contributed by atoms with Crippen molar-refractivity contribution in [1.29, 1.82) is 0 Å². The van der Waals surface area contributed by atoms with Crippen LogP contribution in [0.15, 0.2) is 53.1 Å². The summed E-state index contributed by atoms with van der Waals surface area (Å²) in [6.07, 6.45) is 1.94. The maximum atomic E-state index is 11.1. The molecule has 0 aliphatic carbocycles. The van der Waals surface area contributed by atoms with Crippen molar-refractivity contribution in [2.45, 2.75) is 13.5 Å². The zero-order valence-corrected chi connectivity index (χ0v) is 17.6. The summed E-state index contributed by atoms with van der Waals surface area (Å²) < 4.78 is 11.7. The molecular formula is C21H17N3O4S2. The summed E-state index contributed by atoms with van der Waals surface area (Å²) in [5, 5.41) is 13.7. The first-order valence-corrected chi connectivity index (χ1v) is 10.8. The smallest absolute Gasteiger partial charge is 0.313 e. The zero-order valence-electron chi connectivity index (χ0n) is 15.9. The fourth-order valence-electron chi connectivity index (χ4n) is 2.64. The highest BCUT2D eigenvalue weighted by molar-refractivity contribution is 8.09. The third-order valence-electron chi connectivity index (χ3n) is 3.97. The largest absolute Gasteiger partial charge is 0.485 e. The van der Waals surface area contributed by atoms with Crippen molar-refractivity contribution in [2.75, 3.05) is 5.75 Å². The number of nitrogens with zero attached hydrogens (tertiary/aromatic N) is 3. The number of fused-ring (bicyclic) bond motifs is 1. The van der Waals surface area contributed by atoms with Gasteiger partial charge >= 0.3 is 5.97 Å². The summed E-state index contributed by atoms with van der Waals surface area (Å²) in [6, 6.07) is 15.4. The molecule has 4 aromatic rings. The predicted octanol–water partition coefficient (Wildman–Crippen LogP) is 4.88. The molecule has 9 heteroatoms. The summed E-state index contributed by atoms with van der Waals surface area (Å²) in [5.41, 5.74) is 1.82. The van der Waals surface area contributed by atoms with Crippen molar-refractivity contribution < 1.29 is 19.2 Å². The number of para-hydroxylation sites is 1. The molecule has 0 fully saturated rings. The van der Waals surface area contributed by atoms with Crippen molar-refractivity contribution in [3.8, 4) is 5.75 Å². The molecular weight excluding hydrogens is 422 g/mol. The number of aliphatic carboxylic acids is 1. The average molecular weight is 440 g/mol. The molecule has 0 spiro atoms. The van der Waals surface area contributed by atoms with Crippen molar-refractivity contribution in [2.24, 2.45) is 0 Å². The lowest BCUT2D eigenvalue weighted by Gasteiger charge is -2.05. The Morgan fingerprint density at radius 3 is 2.70 bits per heavy atom. The maximum Gasteiger partial charge on any atom is 0.313 e. The minimum Gasteiger partial charge on any atom is -0.485 e. The molecule has 0 unspecified atom stereocenters. The lowest BCUT2D eigenvalue weighted by molar-refractivity contribution is -0.133. The van der Waals surface area contributed by atoms with Gasteiger partial charge < -0.3 is 14.4 Å². The van der Waals surface area contributed by atoms with Crippen LogP contribution < -0.4 is 4.74 Å². The highest BCUT2D eigenvalue weighted by Crippen LogP contribution is 2.35. The number of carboxylic acids is 1. The molecule has 1 N–H and O–H groups in total. The van der Waals surface area contributed by atoms with Crippen molar-refractivity contribution >= 4 is 50.3 Å². The van der Waals surface area contributed by atoms with Crippen LogP contribution in [-0.2, 0) is 11.4 Å². The van der Waals surface area contributed by atoms with E-state index in [0.29, 0.717) is 17.5 Å². The van der Waals surface area contributed by atoms with E-state index in [0.717, 1.165) is 25.7 Å². The van der Waals surface area contributed by atoms with Crippen molar-refractivity contribution in [3.05, 3.63) is 70.8 Å². The van der Waals surface area contributed by atoms with E-state index in [-0.39, 0.29) is 12.4 Å². The molecule has 0 bridgehead atoms. The van der Waals surface area contributed by atoms with E-state index >= 15 is 0 Å². The van der Waals surface area contributed by atoms with Gasteiger partial charge in [0.25, 0.3) is 0 Å². The zero-order chi connectivity index (χ0) is 20.9. The second kappa shape index (κ2) is 9.10. The second-order valence-corrected chi connectivity index (χ2v) is 8.31. The summed E-state index contributed by atoms with van der Waals surface area (Å²) >= 11 is 2.80. The molecule has 0 amide bonds. The van der Waals surface area contributed by atoms with Gasteiger partial charge in [-0.15, -0.1) is 23.1 Å². The normalized spacial score (nSPS) is 11.7. The van der Waals surface area contributed by atoms with Gasteiger partial charge in [-0.2, -0.15) is 4.98 Å². The molecule has 2 aromatic heterocycles. The highest BCUT2D eigenvalue weighted by atomic mass is 32.2. The third-order valence-corrected chi connectivity index (χ3v) is 6.18. The SMILES string of the molecule is Cc1nc(COc2ccc(/C=C(/SCC(=O)O)c3nc4ccccc4s3)cc2)no1. The fraction of sp³-hybridized carbons (Fsp3) is 0.143. The van der Waals surface area contributed by atoms with Gasteiger partial charge in [-0.3, -0.25) is 4.79 Å². The van der Waals surface area contributed by atoms with Crippen LogP contribution in [0.2, 0.25) is 0 Å². The first-order valence-electron chi connectivity index (χ1n) is 9.01. The van der Waals surface area contributed by atoms with E-state index in [1.54, 1.807) is 18.3 Å². The molecule has 0 saturated heterocycles. The number of carboxylic acid groups (broad SMARTS) is 1. The van der Waals surface area contributed by atoms with Gasteiger partial charge in [-0.1, -0.05) is 29.4 Å². The third kappa shape index (κ3) is 5.05. The Morgan fingerprint density at radius 1 is 1.20 bits per heavy atom. The molecule has 0 radical (unpaired) electrons. The number of hydrogen-bond acceptors (Lipinski definition) is 8. The first kappa shape index (κ1) is 20.1. The van der Waals surface area contributed by atoms with Crippen LogP contribution in [0.1, 0.15) is 22.3 Å². The Balaban J connectivity index is 1.53. The van der Waals surface area contributed by atoms with Crippen LogP contribution in [0, 0.1) is 6.92 Å². The number of thioether (sulfide) groups is 1. The van der Waals surface area contributed by atoms with E-state index < -0.39 is 5.97 Å².